The number of aromatic nitrogens is 4. The molecule has 0 saturated heterocycles. The van der Waals surface area contributed by atoms with Gasteiger partial charge in [-0.15, -0.1) is 10.2 Å². The highest BCUT2D eigenvalue weighted by Gasteiger charge is 2.15. The minimum absolute atomic E-state index is 0.0917. The Bertz CT molecular complexity index is 1260. The molecule has 2 N–H and O–H groups in total. The Morgan fingerprint density at radius 3 is 2.62 bits per heavy atom. The van der Waals surface area contributed by atoms with Crippen molar-refractivity contribution in [1.29, 1.82) is 0 Å². The summed E-state index contributed by atoms with van der Waals surface area (Å²) in [7, 11) is 0. The Kier molecular flexibility index (Phi) is 5.57. The molecule has 0 bridgehead atoms. The summed E-state index contributed by atoms with van der Waals surface area (Å²) in [5.41, 5.74) is 1.75. The van der Waals surface area contributed by atoms with Crippen molar-refractivity contribution in [2.24, 2.45) is 0 Å². The second-order valence-corrected chi connectivity index (χ2v) is 7.75. The number of hydrogen-bond acceptors (Lipinski definition) is 5. The van der Waals surface area contributed by atoms with Gasteiger partial charge in [0.25, 0.3) is 5.56 Å². The van der Waals surface area contributed by atoms with E-state index in [4.69, 9.17) is 23.2 Å². The lowest BCUT2D eigenvalue weighted by Crippen LogP contribution is -2.14. The zero-order chi connectivity index (χ0) is 20.4. The molecule has 0 aliphatic rings. The lowest BCUT2D eigenvalue weighted by Gasteiger charge is -2.08. The average molecular weight is 446 g/mol. The van der Waals surface area contributed by atoms with E-state index in [9.17, 15) is 9.59 Å². The van der Waals surface area contributed by atoms with Crippen LogP contribution in [0.3, 0.4) is 0 Å². The number of H-pyrrole nitrogens is 1. The van der Waals surface area contributed by atoms with E-state index < -0.39 is 0 Å². The highest BCUT2D eigenvalue weighted by atomic mass is 35.5. The maximum absolute atomic E-state index is 12.3. The van der Waals surface area contributed by atoms with Crippen LogP contribution in [0, 0.1) is 0 Å². The Morgan fingerprint density at radius 1 is 1.07 bits per heavy atom. The highest BCUT2D eigenvalue weighted by molar-refractivity contribution is 7.99. The van der Waals surface area contributed by atoms with Crippen molar-refractivity contribution in [1.82, 2.24) is 19.6 Å². The van der Waals surface area contributed by atoms with Gasteiger partial charge in [-0.3, -0.25) is 19.0 Å². The van der Waals surface area contributed by atoms with Crippen molar-refractivity contribution in [2.75, 3.05) is 11.1 Å². The Labute approximate surface area is 179 Å². The van der Waals surface area contributed by atoms with Crippen LogP contribution in [-0.4, -0.2) is 31.2 Å². The molecule has 0 spiro atoms. The zero-order valence-electron chi connectivity index (χ0n) is 14.7. The van der Waals surface area contributed by atoms with Crippen LogP contribution in [0.5, 0.6) is 0 Å². The van der Waals surface area contributed by atoms with Gasteiger partial charge in [-0.1, -0.05) is 65.3 Å². The number of carbonyl (C=O) groups excluding carboxylic acids is 1. The van der Waals surface area contributed by atoms with Gasteiger partial charge in [-0.25, -0.2) is 0 Å². The summed E-state index contributed by atoms with van der Waals surface area (Å²) in [6, 6.07) is 15.8. The molecule has 29 heavy (non-hydrogen) atoms. The van der Waals surface area contributed by atoms with Gasteiger partial charge in [0.15, 0.2) is 5.16 Å². The van der Waals surface area contributed by atoms with E-state index in [2.05, 4.69) is 20.5 Å². The number of fused-ring (bicyclic) bond motifs is 1. The van der Waals surface area contributed by atoms with Crippen LogP contribution in [0.1, 0.15) is 0 Å². The van der Waals surface area contributed by atoms with Crippen molar-refractivity contribution in [3.05, 3.63) is 75.0 Å². The van der Waals surface area contributed by atoms with E-state index >= 15 is 0 Å². The Hall–Kier alpha value is -2.81. The van der Waals surface area contributed by atoms with E-state index in [0.717, 1.165) is 5.56 Å². The van der Waals surface area contributed by atoms with Gasteiger partial charge in [-0.2, -0.15) is 0 Å². The van der Waals surface area contributed by atoms with Gasteiger partial charge < -0.3 is 5.32 Å². The van der Waals surface area contributed by atoms with Crippen LogP contribution in [0.15, 0.2) is 64.5 Å². The maximum Gasteiger partial charge on any atom is 0.252 e. The Morgan fingerprint density at radius 2 is 1.86 bits per heavy atom. The smallest absolute Gasteiger partial charge is 0.252 e. The lowest BCUT2D eigenvalue weighted by molar-refractivity contribution is -0.113. The quantitative estimate of drug-likeness (QED) is 0.450. The minimum atomic E-state index is -0.280. The van der Waals surface area contributed by atoms with Gasteiger partial charge in [0, 0.05) is 11.8 Å². The summed E-state index contributed by atoms with van der Waals surface area (Å²) in [6.45, 7) is 0. The topological polar surface area (TPSA) is 92.2 Å². The molecule has 0 aliphatic carbocycles. The number of aromatic amines is 1. The van der Waals surface area contributed by atoms with Crippen molar-refractivity contribution in [3.8, 4) is 11.3 Å². The molecule has 1 amide bonds. The molecule has 2 aromatic carbocycles. The second kappa shape index (κ2) is 8.28. The molecule has 0 saturated carbocycles. The standard InChI is InChI=1S/C19H13Cl2N5O2S/c20-13-7-6-12(8-14(13)21)22-17(28)10-29-19-25-24-18-23-16(27)9-15(26(18)19)11-4-2-1-3-5-11/h1-9H,10H2,(H,22,28)(H,23,24,27). The third-order valence-electron chi connectivity index (χ3n) is 3.98. The fourth-order valence-electron chi connectivity index (χ4n) is 2.72. The fraction of sp³-hybridized carbons (Fsp3) is 0.0526. The molecule has 2 aromatic heterocycles. The van der Waals surface area contributed by atoms with Crippen molar-refractivity contribution < 1.29 is 4.79 Å². The number of anilines is 1. The number of hydrogen-bond donors (Lipinski definition) is 2. The molecule has 0 aliphatic heterocycles. The first-order valence-electron chi connectivity index (χ1n) is 8.43. The minimum Gasteiger partial charge on any atom is -0.325 e. The molecule has 4 aromatic rings. The summed E-state index contributed by atoms with van der Waals surface area (Å²) in [5, 5.41) is 12.2. The first kappa shape index (κ1) is 19.5. The SMILES string of the molecule is O=C(CSc1nnc2[nH]c(=O)cc(-c3ccccc3)n12)Nc1ccc(Cl)c(Cl)c1. The molecule has 2 heterocycles. The summed E-state index contributed by atoms with van der Waals surface area (Å²) in [6.07, 6.45) is 0. The van der Waals surface area contributed by atoms with E-state index in [1.165, 1.54) is 17.8 Å². The molecular weight excluding hydrogens is 433 g/mol. The van der Waals surface area contributed by atoms with Gasteiger partial charge >= 0.3 is 0 Å². The third-order valence-corrected chi connectivity index (χ3v) is 5.65. The van der Waals surface area contributed by atoms with E-state index in [1.807, 2.05) is 30.3 Å². The van der Waals surface area contributed by atoms with Gasteiger partial charge in [0.1, 0.15) is 0 Å². The van der Waals surface area contributed by atoms with Crippen LogP contribution in [0.4, 0.5) is 5.69 Å². The van der Waals surface area contributed by atoms with Crippen molar-refractivity contribution >= 4 is 52.3 Å². The number of thioether (sulfide) groups is 1. The van der Waals surface area contributed by atoms with E-state index in [0.29, 0.717) is 32.4 Å². The molecule has 0 unspecified atom stereocenters. The predicted octanol–water partition coefficient (Wildman–Crippen LogP) is 4.12. The number of halogens is 2. The van der Waals surface area contributed by atoms with Crippen LogP contribution in [0.25, 0.3) is 17.0 Å². The molecule has 7 nitrogen and oxygen atoms in total. The zero-order valence-corrected chi connectivity index (χ0v) is 17.1. The van der Waals surface area contributed by atoms with E-state index in [-0.39, 0.29) is 17.2 Å². The number of nitrogens with one attached hydrogen (secondary N) is 2. The molecule has 0 radical (unpaired) electrons. The number of carbonyl (C=O) groups is 1. The first-order valence-corrected chi connectivity index (χ1v) is 10.2. The Balaban J connectivity index is 1.57. The van der Waals surface area contributed by atoms with Gasteiger partial charge in [0.2, 0.25) is 11.7 Å². The van der Waals surface area contributed by atoms with Crippen molar-refractivity contribution in [2.45, 2.75) is 5.16 Å². The number of nitrogens with zero attached hydrogens (tertiary/aromatic N) is 3. The van der Waals surface area contributed by atoms with Crippen LogP contribution in [-0.2, 0) is 4.79 Å². The summed E-state index contributed by atoms with van der Waals surface area (Å²) in [5.74, 6) is 0.161. The molecular formula is C19H13Cl2N5O2S. The normalized spacial score (nSPS) is 11.0. The molecule has 146 valence electrons. The number of benzene rings is 2. The van der Waals surface area contributed by atoms with Gasteiger partial charge in [-0.05, 0) is 23.8 Å². The van der Waals surface area contributed by atoms with Crippen LogP contribution >= 0.6 is 35.0 Å². The molecule has 0 fully saturated rings. The lowest BCUT2D eigenvalue weighted by atomic mass is 10.1. The number of rotatable bonds is 5. The summed E-state index contributed by atoms with van der Waals surface area (Å²) in [4.78, 5) is 27.0. The average Bonchev–Trinajstić information content (AvgIpc) is 3.12. The predicted molar refractivity (Wildman–Crippen MR) is 115 cm³/mol. The summed E-state index contributed by atoms with van der Waals surface area (Å²) >= 11 is 13.1. The monoisotopic (exact) mass is 445 g/mol. The molecule has 0 atom stereocenters. The maximum atomic E-state index is 12.3. The largest absolute Gasteiger partial charge is 0.325 e. The van der Waals surface area contributed by atoms with Gasteiger partial charge in [0.05, 0.1) is 21.5 Å². The number of amides is 1. The van der Waals surface area contributed by atoms with E-state index in [1.54, 1.807) is 22.6 Å². The molecule has 4 rings (SSSR count). The fourth-order valence-corrected chi connectivity index (χ4v) is 3.76. The third kappa shape index (κ3) is 4.29. The second-order valence-electron chi connectivity index (χ2n) is 5.99. The highest BCUT2D eigenvalue weighted by Crippen LogP contribution is 2.26. The van der Waals surface area contributed by atoms with Crippen molar-refractivity contribution in [3.63, 3.8) is 0 Å². The summed E-state index contributed by atoms with van der Waals surface area (Å²) < 4.78 is 1.72. The molecule has 10 heteroatoms. The first-order chi connectivity index (χ1) is 14.0. The van der Waals surface area contributed by atoms with Crippen LogP contribution < -0.4 is 10.9 Å². The van der Waals surface area contributed by atoms with Crippen LogP contribution in [0.2, 0.25) is 10.0 Å².